The molecule has 0 bridgehead atoms. The van der Waals surface area contributed by atoms with E-state index in [1.165, 1.54) is 0 Å². The van der Waals surface area contributed by atoms with Gasteiger partial charge in [-0.05, 0) is 144 Å². The van der Waals surface area contributed by atoms with Gasteiger partial charge in [-0.25, -0.2) is 0 Å². The van der Waals surface area contributed by atoms with E-state index in [1.807, 2.05) is 12.1 Å². The van der Waals surface area contributed by atoms with E-state index in [4.69, 9.17) is 0 Å². The zero-order valence-electron chi connectivity index (χ0n) is 49.9. The van der Waals surface area contributed by atoms with Crippen LogP contribution < -0.4 is 10.6 Å². The fourth-order valence-electron chi connectivity index (χ4n) is 11.3. The van der Waals surface area contributed by atoms with Crippen molar-refractivity contribution >= 4 is 27.4 Å². The van der Waals surface area contributed by atoms with Crippen LogP contribution in [0.25, 0.3) is 55.6 Å². The number of hydrogen-bond acceptors (Lipinski definition) is 4. The molecule has 0 aliphatic heterocycles. The number of benzene rings is 6. The van der Waals surface area contributed by atoms with Gasteiger partial charge in [0.2, 0.25) is 8.38 Å². The molecule has 6 aromatic rings. The van der Waals surface area contributed by atoms with E-state index in [1.54, 1.807) is 0 Å². The summed E-state index contributed by atoms with van der Waals surface area (Å²) in [6, 6.07) is 34.9. The predicted molar refractivity (Wildman–Crippen MR) is 325 cm³/mol. The second-order valence-corrected chi connectivity index (χ2v) is 31.4. The summed E-state index contributed by atoms with van der Waals surface area (Å²) < 4.78 is 0. The highest BCUT2D eigenvalue weighted by molar-refractivity contribution is 7.55. The monoisotopic (exact) mass is 1030 g/mol. The Balaban J connectivity index is 2.38. The van der Waals surface area contributed by atoms with Gasteiger partial charge in [0, 0.05) is 21.7 Å². The molecule has 4 nitrogen and oxygen atoms in total. The molecule has 0 saturated heterocycles. The van der Waals surface area contributed by atoms with E-state index in [-0.39, 0.29) is 21.7 Å². The molecule has 0 amide bonds. The number of hydrogen-bond donors (Lipinski definition) is 4. The Hall–Kier alpha value is -3.98. The Bertz CT molecular complexity index is 2730. The van der Waals surface area contributed by atoms with Crippen LogP contribution in [0.1, 0.15) is 211 Å². The molecule has 4 N–H and O–H groups in total. The maximum absolute atomic E-state index is 13.4. The summed E-state index contributed by atoms with van der Waals surface area (Å²) in [5.74, 6) is 0. The largest absolute Gasteiger partial charge is 0.347 e. The summed E-state index contributed by atoms with van der Waals surface area (Å²) in [5.41, 5.74) is 15.6. The molecule has 0 aromatic heterocycles. The van der Waals surface area contributed by atoms with Gasteiger partial charge in [-0.2, -0.15) is 0 Å². The summed E-state index contributed by atoms with van der Waals surface area (Å²) in [7, 11) is -5.29. The Morgan fingerprint density at radius 3 is 0.608 bits per heavy atom. The molecule has 0 radical (unpaired) electrons. The molecule has 0 unspecified atom stereocenters. The Morgan fingerprint density at radius 2 is 0.432 bits per heavy atom. The fraction of sp³-hybridized carbons (Fsp3) is 0.471. The van der Waals surface area contributed by atoms with Crippen molar-refractivity contribution in [3.63, 3.8) is 0 Å². The summed E-state index contributed by atoms with van der Waals surface area (Å²) in [4.78, 5) is 48.4. The van der Waals surface area contributed by atoms with Crippen LogP contribution in [-0.2, 0) is 43.3 Å². The van der Waals surface area contributed by atoms with Gasteiger partial charge in [0.1, 0.15) is 0 Å². The van der Waals surface area contributed by atoms with Crippen LogP contribution in [0.2, 0.25) is 0 Å². The van der Waals surface area contributed by atoms with Crippen LogP contribution in [0.15, 0.2) is 97.1 Å². The quantitative estimate of drug-likeness (QED) is 0.120. The van der Waals surface area contributed by atoms with E-state index in [9.17, 15) is 19.6 Å². The first-order valence-electron chi connectivity index (χ1n) is 26.8. The van der Waals surface area contributed by atoms with Gasteiger partial charge in [0.25, 0.3) is 0 Å². The third kappa shape index (κ3) is 11.6. The minimum absolute atomic E-state index is 0.380. The second-order valence-electron chi connectivity index (χ2n) is 29.3. The van der Waals surface area contributed by atoms with Crippen LogP contribution >= 0.6 is 16.8 Å². The molecular weight excluding hydrogens is 943 g/mol. The van der Waals surface area contributed by atoms with Gasteiger partial charge in [-0.15, -0.1) is 0 Å². The van der Waals surface area contributed by atoms with Crippen molar-refractivity contribution in [2.45, 2.75) is 209 Å². The molecule has 398 valence electrons. The van der Waals surface area contributed by atoms with E-state index in [0.717, 1.165) is 100 Å². The molecule has 6 aromatic carbocycles. The van der Waals surface area contributed by atoms with E-state index in [0.29, 0.717) is 10.6 Å². The highest BCUT2D eigenvalue weighted by Gasteiger charge is 2.43. The molecule has 6 rings (SSSR count). The lowest BCUT2D eigenvalue weighted by atomic mass is 9.65. The Labute approximate surface area is 451 Å². The first-order valence-corrected chi connectivity index (χ1v) is 29.3. The van der Waals surface area contributed by atoms with Crippen LogP contribution in [-0.4, -0.2) is 19.6 Å². The van der Waals surface area contributed by atoms with Crippen molar-refractivity contribution in [1.29, 1.82) is 0 Å². The molecule has 0 aliphatic carbocycles. The van der Waals surface area contributed by atoms with Gasteiger partial charge < -0.3 is 19.6 Å². The Kier molecular flexibility index (Phi) is 16.1. The second kappa shape index (κ2) is 20.1. The number of rotatable bonds is 7. The standard InChI is InChI=1S/C68H92O4P2/c1-61(2,3)43-29-25-30-44(62(4,5)6)52(43)56-51(41-37-39-42(40-38-41)73(69)70)57(53-45(63(7,8)9)31-26-32-46(53)64(10,11)12)59(55-49(67(19,20)21)35-28-36-50(55)68(22,23)24)60(74(71)72)58(56)54-47(65(13,14)15)33-27-34-48(54)66(16,17)18/h25-40,69-72H,1-24H3. The van der Waals surface area contributed by atoms with E-state index in [2.05, 4.69) is 251 Å². The smallest absolute Gasteiger partial charge is 0.200 e. The molecule has 0 atom stereocenters. The average molecular weight is 1040 g/mol. The van der Waals surface area contributed by atoms with Crippen molar-refractivity contribution in [1.82, 2.24) is 0 Å². The molecular formula is C68H92O4P2. The third-order valence-electron chi connectivity index (χ3n) is 14.8. The van der Waals surface area contributed by atoms with Crippen molar-refractivity contribution in [3.05, 3.63) is 142 Å². The topological polar surface area (TPSA) is 80.9 Å². The molecule has 0 aliphatic rings. The highest BCUT2D eigenvalue weighted by Crippen LogP contribution is 2.61. The van der Waals surface area contributed by atoms with Crippen molar-refractivity contribution in [3.8, 4) is 55.6 Å². The molecule has 0 heterocycles. The summed E-state index contributed by atoms with van der Waals surface area (Å²) >= 11 is 0. The maximum Gasteiger partial charge on any atom is 0.200 e. The molecule has 0 saturated carbocycles. The minimum atomic E-state index is -2.90. The van der Waals surface area contributed by atoms with Crippen LogP contribution in [0.4, 0.5) is 0 Å². The molecule has 6 heteroatoms. The lowest BCUT2D eigenvalue weighted by molar-refractivity contribution is 0.495. The van der Waals surface area contributed by atoms with Gasteiger partial charge >= 0.3 is 0 Å². The summed E-state index contributed by atoms with van der Waals surface area (Å²) in [5, 5.41) is 0.992. The van der Waals surface area contributed by atoms with Gasteiger partial charge in [0.05, 0.1) is 0 Å². The van der Waals surface area contributed by atoms with Gasteiger partial charge in [-0.3, -0.25) is 0 Å². The van der Waals surface area contributed by atoms with Crippen molar-refractivity contribution in [2.75, 3.05) is 0 Å². The first kappa shape index (κ1) is 59.3. The molecule has 0 fully saturated rings. The van der Waals surface area contributed by atoms with E-state index < -0.39 is 38.4 Å². The van der Waals surface area contributed by atoms with Gasteiger partial charge in [-0.1, -0.05) is 251 Å². The maximum atomic E-state index is 13.4. The first-order chi connectivity index (χ1) is 33.5. The van der Waals surface area contributed by atoms with E-state index >= 15 is 0 Å². The third-order valence-corrected chi connectivity index (χ3v) is 16.4. The Morgan fingerprint density at radius 1 is 0.230 bits per heavy atom. The zero-order chi connectivity index (χ0) is 56.0. The van der Waals surface area contributed by atoms with Crippen molar-refractivity contribution < 1.29 is 19.6 Å². The zero-order valence-corrected chi connectivity index (χ0v) is 51.7. The summed E-state index contributed by atoms with van der Waals surface area (Å²) in [6.07, 6.45) is 0. The predicted octanol–water partition coefficient (Wildman–Crippen LogP) is 18.2. The average Bonchev–Trinajstić information content (AvgIpc) is 3.24. The SMILES string of the molecule is CC(C)(C)c1cccc(C(C)(C)C)c1-c1c(-c2ccc(P(O)O)cc2)c(-c2c(C(C)(C)C)cccc2C(C)(C)C)c(-c2c(C(C)(C)C)cccc2C(C)(C)C)c(P(O)O)c1-c1c(C(C)(C)C)cccc1C(C)(C)C. The highest BCUT2D eigenvalue weighted by atomic mass is 31.2. The van der Waals surface area contributed by atoms with Crippen LogP contribution in [0.3, 0.4) is 0 Å². The lowest BCUT2D eigenvalue weighted by Crippen LogP contribution is -2.27. The summed E-state index contributed by atoms with van der Waals surface area (Å²) in [6.45, 7) is 54.9. The van der Waals surface area contributed by atoms with Crippen molar-refractivity contribution in [2.24, 2.45) is 0 Å². The van der Waals surface area contributed by atoms with Crippen LogP contribution in [0.5, 0.6) is 0 Å². The van der Waals surface area contributed by atoms with Crippen LogP contribution in [0, 0.1) is 0 Å². The van der Waals surface area contributed by atoms with Gasteiger partial charge in [0.15, 0.2) is 8.38 Å². The minimum Gasteiger partial charge on any atom is -0.347 e. The molecule has 0 spiro atoms. The fourth-order valence-corrected chi connectivity index (χ4v) is 12.5. The lowest BCUT2D eigenvalue weighted by Gasteiger charge is -2.40. The molecule has 74 heavy (non-hydrogen) atoms. The normalized spacial score (nSPS) is 13.6.